The second kappa shape index (κ2) is 9.58. The molecule has 1 aliphatic carbocycles. The second-order valence-corrected chi connectivity index (χ2v) is 8.51. The Kier molecular flexibility index (Phi) is 6.62. The number of aromatic nitrogens is 2. The van der Waals surface area contributed by atoms with Crippen LogP contribution in [0.1, 0.15) is 65.9 Å². The van der Waals surface area contributed by atoms with Crippen molar-refractivity contribution in [2.75, 3.05) is 18.0 Å². The Morgan fingerprint density at radius 3 is 2.25 bits per heavy atom. The third kappa shape index (κ3) is 5.03. The topological polar surface area (TPSA) is 93.7 Å². The van der Waals surface area contributed by atoms with E-state index in [2.05, 4.69) is 20.0 Å². The van der Waals surface area contributed by atoms with E-state index in [4.69, 9.17) is 10.6 Å². The minimum Gasteiger partial charge on any atom is -0.392 e. The van der Waals surface area contributed by atoms with Gasteiger partial charge in [-0.2, -0.15) is 0 Å². The monoisotopic (exact) mass is 443 g/mol. The van der Waals surface area contributed by atoms with E-state index in [1.54, 1.807) is 0 Å². The molecule has 1 saturated carbocycles. The Morgan fingerprint density at radius 2 is 1.69 bits per heavy atom. The number of amides is 1. The van der Waals surface area contributed by atoms with Gasteiger partial charge in [0.05, 0.1) is 5.71 Å². The van der Waals surface area contributed by atoms with Gasteiger partial charge in [-0.3, -0.25) is 4.79 Å². The molecule has 2 aromatic rings. The van der Waals surface area contributed by atoms with Crippen molar-refractivity contribution in [3.05, 3.63) is 52.9 Å². The number of carbonyl (C=O) groups is 1. The SMILES string of the molecule is Cc1cnc(N2CCC(ON=C3CCC(c4cc(F)c(C(N)=O)c(F)c4)CC3)CC2)nc1. The van der Waals surface area contributed by atoms with Crippen LogP contribution in [0.25, 0.3) is 0 Å². The number of hydrogen-bond donors (Lipinski definition) is 1. The molecule has 2 N–H and O–H groups in total. The molecular formula is C23H27F2N5O2. The lowest BCUT2D eigenvalue weighted by Gasteiger charge is -2.31. The molecule has 7 nitrogen and oxygen atoms in total. The molecule has 0 spiro atoms. The Hall–Kier alpha value is -3.10. The van der Waals surface area contributed by atoms with Crippen LogP contribution >= 0.6 is 0 Å². The summed E-state index contributed by atoms with van der Waals surface area (Å²) in [7, 11) is 0. The number of carbonyl (C=O) groups excluding carboxylic acids is 1. The third-order valence-corrected chi connectivity index (χ3v) is 6.17. The van der Waals surface area contributed by atoms with Gasteiger partial charge < -0.3 is 15.5 Å². The van der Waals surface area contributed by atoms with Gasteiger partial charge in [-0.15, -0.1) is 0 Å². The van der Waals surface area contributed by atoms with Gasteiger partial charge in [-0.1, -0.05) is 5.16 Å². The quantitative estimate of drug-likeness (QED) is 0.709. The Labute approximate surface area is 185 Å². The summed E-state index contributed by atoms with van der Waals surface area (Å²) in [4.78, 5) is 27.9. The second-order valence-electron chi connectivity index (χ2n) is 8.51. The lowest BCUT2D eigenvalue weighted by molar-refractivity contribution is 0.0406. The number of piperidine rings is 1. The summed E-state index contributed by atoms with van der Waals surface area (Å²) in [6.45, 7) is 3.60. The Morgan fingerprint density at radius 1 is 1.09 bits per heavy atom. The van der Waals surface area contributed by atoms with Crippen molar-refractivity contribution in [1.82, 2.24) is 9.97 Å². The van der Waals surface area contributed by atoms with E-state index >= 15 is 0 Å². The molecule has 2 fully saturated rings. The van der Waals surface area contributed by atoms with Gasteiger partial charge in [0.2, 0.25) is 5.95 Å². The van der Waals surface area contributed by atoms with Crippen molar-refractivity contribution in [1.29, 1.82) is 0 Å². The van der Waals surface area contributed by atoms with Gasteiger partial charge in [0, 0.05) is 38.3 Å². The molecule has 1 amide bonds. The van der Waals surface area contributed by atoms with E-state index in [0.717, 1.165) is 56.0 Å². The van der Waals surface area contributed by atoms with Crippen LogP contribution in [0.4, 0.5) is 14.7 Å². The normalized spacial score (nSPS) is 19.7. The highest BCUT2D eigenvalue weighted by Gasteiger charge is 2.25. The van der Waals surface area contributed by atoms with E-state index in [0.29, 0.717) is 18.4 Å². The minimum atomic E-state index is -1.10. The molecule has 0 radical (unpaired) electrons. The Balaban J connectivity index is 1.27. The van der Waals surface area contributed by atoms with Gasteiger partial charge in [0.25, 0.3) is 5.91 Å². The molecule has 1 aliphatic heterocycles. The number of aryl methyl sites for hydroxylation is 1. The summed E-state index contributed by atoms with van der Waals surface area (Å²) in [6, 6.07) is 2.44. The zero-order valence-electron chi connectivity index (χ0n) is 18.1. The van der Waals surface area contributed by atoms with Crippen LogP contribution in [0.15, 0.2) is 29.7 Å². The van der Waals surface area contributed by atoms with Crippen LogP contribution in [0.5, 0.6) is 0 Å². The van der Waals surface area contributed by atoms with Gasteiger partial charge in [-0.25, -0.2) is 18.7 Å². The summed E-state index contributed by atoms with van der Waals surface area (Å²) in [5.41, 5.74) is 6.92. The third-order valence-electron chi connectivity index (χ3n) is 6.17. The smallest absolute Gasteiger partial charge is 0.254 e. The molecule has 0 bridgehead atoms. The summed E-state index contributed by atoms with van der Waals surface area (Å²) in [5, 5.41) is 4.37. The van der Waals surface area contributed by atoms with Crippen LogP contribution in [0.2, 0.25) is 0 Å². The first kappa shape index (κ1) is 22.1. The number of halogens is 2. The van der Waals surface area contributed by atoms with Crippen molar-refractivity contribution < 1.29 is 18.4 Å². The maximum absolute atomic E-state index is 14.1. The van der Waals surface area contributed by atoms with Gasteiger partial charge >= 0.3 is 0 Å². The molecular weight excluding hydrogens is 416 g/mol. The summed E-state index contributed by atoms with van der Waals surface area (Å²) < 4.78 is 28.2. The van der Waals surface area contributed by atoms with Crippen molar-refractivity contribution >= 4 is 17.6 Å². The van der Waals surface area contributed by atoms with Crippen LogP contribution in [0.3, 0.4) is 0 Å². The highest BCUT2D eigenvalue weighted by Crippen LogP contribution is 2.33. The zero-order chi connectivity index (χ0) is 22.7. The Bertz CT molecular complexity index is 971. The average Bonchev–Trinajstić information content (AvgIpc) is 2.78. The molecule has 1 saturated heterocycles. The fourth-order valence-corrected chi connectivity index (χ4v) is 4.30. The maximum atomic E-state index is 14.1. The minimum absolute atomic E-state index is 0.0117. The fourth-order valence-electron chi connectivity index (χ4n) is 4.30. The van der Waals surface area contributed by atoms with Gasteiger partial charge in [-0.05, 0) is 61.8 Å². The number of benzene rings is 1. The van der Waals surface area contributed by atoms with E-state index in [9.17, 15) is 13.6 Å². The molecule has 4 rings (SSSR count). The maximum Gasteiger partial charge on any atom is 0.254 e. The number of primary amides is 1. The van der Waals surface area contributed by atoms with Crippen molar-refractivity contribution in [3.8, 4) is 0 Å². The van der Waals surface area contributed by atoms with Gasteiger partial charge in [0.1, 0.15) is 23.3 Å². The molecule has 0 unspecified atom stereocenters. The van der Waals surface area contributed by atoms with Crippen LogP contribution in [-0.2, 0) is 4.84 Å². The van der Waals surface area contributed by atoms with E-state index in [-0.39, 0.29) is 12.0 Å². The molecule has 9 heteroatoms. The number of anilines is 1. The lowest BCUT2D eigenvalue weighted by atomic mass is 9.83. The van der Waals surface area contributed by atoms with E-state index < -0.39 is 23.1 Å². The first-order valence-corrected chi connectivity index (χ1v) is 10.9. The van der Waals surface area contributed by atoms with Crippen LogP contribution in [-0.4, -0.2) is 40.8 Å². The summed E-state index contributed by atoms with van der Waals surface area (Å²) in [6.07, 6.45) is 8.27. The van der Waals surface area contributed by atoms with Crippen LogP contribution < -0.4 is 10.6 Å². The summed E-state index contributed by atoms with van der Waals surface area (Å²) in [5.74, 6) is -2.15. The first-order valence-electron chi connectivity index (χ1n) is 10.9. The van der Waals surface area contributed by atoms with Crippen molar-refractivity contribution in [2.45, 2.75) is 57.5 Å². The zero-order valence-corrected chi connectivity index (χ0v) is 18.1. The van der Waals surface area contributed by atoms with Crippen molar-refractivity contribution in [2.24, 2.45) is 10.9 Å². The predicted molar refractivity (Wildman–Crippen MR) is 117 cm³/mol. The number of nitrogens with two attached hydrogens (primary N) is 1. The largest absolute Gasteiger partial charge is 0.392 e. The predicted octanol–water partition coefficient (Wildman–Crippen LogP) is 3.86. The molecule has 2 heterocycles. The number of nitrogens with zero attached hydrogens (tertiary/aromatic N) is 4. The number of rotatable bonds is 5. The summed E-state index contributed by atoms with van der Waals surface area (Å²) >= 11 is 0. The average molecular weight is 443 g/mol. The standard InChI is InChI=1S/C23H27F2N5O2/c1-14-12-27-23(28-13-14)30-8-6-18(7-9-30)32-29-17-4-2-15(3-5-17)16-10-19(24)21(22(26)31)20(25)11-16/h10-13,15,18H,2-9H2,1H3,(H2,26,31). The molecule has 1 aromatic heterocycles. The fraction of sp³-hybridized carbons (Fsp3) is 0.478. The first-order chi connectivity index (χ1) is 15.4. The molecule has 170 valence electrons. The number of hydrogen-bond acceptors (Lipinski definition) is 6. The highest BCUT2D eigenvalue weighted by molar-refractivity contribution is 5.93. The number of oxime groups is 1. The van der Waals surface area contributed by atoms with E-state index in [1.807, 2.05) is 19.3 Å². The van der Waals surface area contributed by atoms with Gasteiger partial charge in [0.15, 0.2) is 0 Å². The molecule has 0 atom stereocenters. The molecule has 1 aromatic carbocycles. The molecule has 2 aliphatic rings. The van der Waals surface area contributed by atoms with E-state index in [1.165, 1.54) is 12.1 Å². The lowest BCUT2D eigenvalue weighted by Crippen LogP contribution is -2.37. The molecule has 32 heavy (non-hydrogen) atoms. The highest BCUT2D eigenvalue weighted by atomic mass is 19.1. The van der Waals surface area contributed by atoms with Crippen LogP contribution in [0, 0.1) is 18.6 Å². The van der Waals surface area contributed by atoms with Crippen molar-refractivity contribution in [3.63, 3.8) is 0 Å².